The molecular formula is C20H28N6. The van der Waals surface area contributed by atoms with Crippen LogP contribution in [-0.4, -0.2) is 31.1 Å². The summed E-state index contributed by atoms with van der Waals surface area (Å²) in [4.78, 5) is 9.41. The van der Waals surface area contributed by atoms with Crippen molar-refractivity contribution in [1.29, 1.82) is 0 Å². The molecule has 3 aromatic rings. The van der Waals surface area contributed by atoms with Crippen LogP contribution in [0, 0.1) is 0 Å². The standard InChI is InChI=1S/C20H28N6/c1-14(2)19-22-15(20(3,4)5)13-16(23-19)21-11-8-10-18-25-24-17-9-6-7-12-26(17)18/h6-7,9,12-14H,8,10-11H2,1-5H3,(H,21,22,23). The summed E-state index contributed by atoms with van der Waals surface area (Å²) < 4.78 is 2.04. The average Bonchev–Trinajstić information content (AvgIpc) is 3.01. The smallest absolute Gasteiger partial charge is 0.160 e. The minimum absolute atomic E-state index is 0.00342. The van der Waals surface area contributed by atoms with E-state index in [2.05, 4.69) is 61.2 Å². The van der Waals surface area contributed by atoms with E-state index >= 15 is 0 Å². The van der Waals surface area contributed by atoms with E-state index in [1.807, 2.05) is 28.8 Å². The fourth-order valence-electron chi connectivity index (χ4n) is 2.72. The predicted octanol–water partition coefficient (Wildman–Crippen LogP) is 3.98. The van der Waals surface area contributed by atoms with Gasteiger partial charge in [-0.25, -0.2) is 9.97 Å². The normalized spacial score (nSPS) is 12.1. The minimum Gasteiger partial charge on any atom is -0.370 e. The lowest BCUT2D eigenvalue weighted by Gasteiger charge is -2.20. The molecule has 26 heavy (non-hydrogen) atoms. The molecule has 0 radical (unpaired) electrons. The van der Waals surface area contributed by atoms with Crippen molar-refractivity contribution in [2.75, 3.05) is 11.9 Å². The third-order valence-corrected chi connectivity index (χ3v) is 4.30. The Morgan fingerprint density at radius 1 is 1.12 bits per heavy atom. The molecule has 3 rings (SSSR count). The number of aryl methyl sites for hydroxylation is 1. The number of fused-ring (bicyclic) bond motifs is 1. The molecule has 0 aliphatic carbocycles. The highest BCUT2D eigenvalue weighted by molar-refractivity contribution is 5.39. The number of anilines is 1. The largest absolute Gasteiger partial charge is 0.370 e. The Hall–Kier alpha value is -2.50. The van der Waals surface area contributed by atoms with Gasteiger partial charge in [0.15, 0.2) is 5.65 Å². The highest BCUT2D eigenvalue weighted by Crippen LogP contribution is 2.24. The predicted molar refractivity (Wildman–Crippen MR) is 105 cm³/mol. The van der Waals surface area contributed by atoms with Gasteiger partial charge in [0.05, 0.1) is 5.69 Å². The Kier molecular flexibility index (Phi) is 5.20. The van der Waals surface area contributed by atoms with E-state index in [9.17, 15) is 0 Å². The quantitative estimate of drug-likeness (QED) is 0.680. The molecule has 0 fully saturated rings. The maximum atomic E-state index is 4.73. The van der Waals surface area contributed by atoms with Crippen LogP contribution in [0.1, 0.15) is 64.3 Å². The Morgan fingerprint density at radius 2 is 1.92 bits per heavy atom. The van der Waals surface area contributed by atoms with Crippen LogP contribution in [0.15, 0.2) is 30.5 Å². The molecule has 0 bridgehead atoms. The zero-order valence-electron chi connectivity index (χ0n) is 16.3. The second kappa shape index (κ2) is 7.40. The first-order valence-corrected chi connectivity index (χ1v) is 9.26. The molecule has 3 heterocycles. The van der Waals surface area contributed by atoms with Gasteiger partial charge in [-0.15, -0.1) is 10.2 Å². The number of aromatic nitrogens is 5. The van der Waals surface area contributed by atoms with Crippen LogP contribution >= 0.6 is 0 Å². The molecule has 0 aromatic carbocycles. The zero-order valence-corrected chi connectivity index (χ0v) is 16.3. The van der Waals surface area contributed by atoms with Crippen LogP contribution in [0.3, 0.4) is 0 Å². The van der Waals surface area contributed by atoms with Gasteiger partial charge in [-0.1, -0.05) is 40.7 Å². The topological polar surface area (TPSA) is 68.0 Å². The first-order valence-electron chi connectivity index (χ1n) is 9.26. The number of nitrogens with zero attached hydrogens (tertiary/aromatic N) is 5. The monoisotopic (exact) mass is 352 g/mol. The molecule has 3 aromatic heterocycles. The first-order chi connectivity index (χ1) is 12.3. The van der Waals surface area contributed by atoms with Crippen LogP contribution < -0.4 is 5.32 Å². The molecular weight excluding hydrogens is 324 g/mol. The van der Waals surface area contributed by atoms with Gasteiger partial charge in [0.25, 0.3) is 0 Å². The Morgan fingerprint density at radius 3 is 2.65 bits per heavy atom. The molecule has 6 heteroatoms. The van der Waals surface area contributed by atoms with Crippen molar-refractivity contribution in [3.63, 3.8) is 0 Å². The van der Waals surface area contributed by atoms with Crippen molar-refractivity contribution in [1.82, 2.24) is 24.6 Å². The van der Waals surface area contributed by atoms with E-state index in [1.165, 1.54) is 0 Å². The SMILES string of the molecule is CC(C)c1nc(NCCCc2nnc3ccccn23)cc(C(C)(C)C)n1. The van der Waals surface area contributed by atoms with Gasteiger partial charge in [0, 0.05) is 36.6 Å². The van der Waals surface area contributed by atoms with E-state index in [4.69, 9.17) is 4.98 Å². The van der Waals surface area contributed by atoms with E-state index in [1.54, 1.807) is 0 Å². The van der Waals surface area contributed by atoms with Gasteiger partial charge >= 0.3 is 0 Å². The van der Waals surface area contributed by atoms with Gasteiger partial charge in [-0.3, -0.25) is 4.40 Å². The fraction of sp³-hybridized carbons (Fsp3) is 0.500. The van der Waals surface area contributed by atoms with E-state index in [0.29, 0.717) is 5.92 Å². The van der Waals surface area contributed by atoms with Crippen molar-refractivity contribution < 1.29 is 0 Å². The maximum Gasteiger partial charge on any atom is 0.160 e. The van der Waals surface area contributed by atoms with Crippen LogP contribution in [-0.2, 0) is 11.8 Å². The van der Waals surface area contributed by atoms with Crippen LogP contribution in [0.4, 0.5) is 5.82 Å². The highest BCUT2D eigenvalue weighted by Gasteiger charge is 2.19. The lowest BCUT2D eigenvalue weighted by molar-refractivity contribution is 0.558. The molecule has 0 saturated carbocycles. The van der Waals surface area contributed by atoms with Gasteiger partial charge in [0.2, 0.25) is 0 Å². The van der Waals surface area contributed by atoms with Crippen molar-refractivity contribution in [2.24, 2.45) is 0 Å². The maximum absolute atomic E-state index is 4.73. The van der Waals surface area contributed by atoms with E-state index in [-0.39, 0.29) is 5.41 Å². The van der Waals surface area contributed by atoms with E-state index in [0.717, 1.165) is 48.2 Å². The molecule has 0 unspecified atom stereocenters. The summed E-state index contributed by atoms with van der Waals surface area (Å²) in [7, 11) is 0. The molecule has 0 amide bonds. The van der Waals surface area contributed by atoms with Crippen molar-refractivity contribution in [3.05, 3.63) is 47.8 Å². The fourth-order valence-corrected chi connectivity index (χ4v) is 2.72. The Labute approximate surface area is 155 Å². The number of rotatable bonds is 6. The molecule has 6 nitrogen and oxygen atoms in total. The third-order valence-electron chi connectivity index (χ3n) is 4.30. The molecule has 0 spiro atoms. The summed E-state index contributed by atoms with van der Waals surface area (Å²) in [5.74, 6) is 3.09. The molecule has 0 aliphatic heterocycles. The lowest BCUT2D eigenvalue weighted by atomic mass is 9.91. The average molecular weight is 352 g/mol. The third kappa shape index (κ3) is 4.18. The van der Waals surface area contributed by atoms with Crippen molar-refractivity contribution in [2.45, 2.75) is 58.8 Å². The van der Waals surface area contributed by atoms with Gasteiger partial charge in [0.1, 0.15) is 17.5 Å². The molecule has 138 valence electrons. The summed E-state index contributed by atoms with van der Waals surface area (Å²) >= 11 is 0. The Balaban J connectivity index is 1.65. The lowest BCUT2D eigenvalue weighted by Crippen LogP contribution is -2.17. The second-order valence-electron chi connectivity index (χ2n) is 7.98. The molecule has 0 atom stereocenters. The Bertz CT molecular complexity index is 875. The zero-order chi connectivity index (χ0) is 18.7. The summed E-state index contributed by atoms with van der Waals surface area (Å²) in [6.07, 6.45) is 3.83. The minimum atomic E-state index is 0.00342. The van der Waals surface area contributed by atoms with Crippen LogP contribution in [0.5, 0.6) is 0 Å². The van der Waals surface area contributed by atoms with Gasteiger partial charge in [-0.2, -0.15) is 0 Å². The summed E-state index contributed by atoms with van der Waals surface area (Å²) in [6.45, 7) is 11.6. The van der Waals surface area contributed by atoms with Crippen LogP contribution in [0.25, 0.3) is 5.65 Å². The summed E-state index contributed by atoms with van der Waals surface area (Å²) in [6, 6.07) is 8.01. The van der Waals surface area contributed by atoms with Crippen molar-refractivity contribution >= 4 is 11.5 Å². The van der Waals surface area contributed by atoms with Crippen LogP contribution in [0.2, 0.25) is 0 Å². The first kappa shape index (κ1) is 18.3. The molecule has 1 N–H and O–H groups in total. The van der Waals surface area contributed by atoms with E-state index < -0.39 is 0 Å². The molecule has 0 aliphatic rings. The summed E-state index contributed by atoms with van der Waals surface area (Å²) in [5.41, 5.74) is 1.97. The molecule has 0 saturated heterocycles. The number of pyridine rings is 1. The second-order valence-corrected chi connectivity index (χ2v) is 7.98. The number of nitrogens with one attached hydrogen (secondary N) is 1. The number of hydrogen-bond acceptors (Lipinski definition) is 5. The van der Waals surface area contributed by atoms with Crippen molar-refractivity contribution in [3.8, 4) is 0 Å². The van der Waals surface area contributed by atoms with Gasteiger partial charge < -0.3 is 5.32 Å². The highest BCUT2D eigenvalue weighted by atomic mass is 15.2. The van der Waals surface area contributed by atoms with Gasteiger partial charge in [-0.05, 0) is 18.6 Å². The summed E-state index contributed by atoms with van der Waals surface area (Å²) in [5, 5.41) is 11.9. The number of hydrogen-bond donors (Lipinski definition) is 1.